The number of ether oxygens (including phenoxy) is 1. The van der Waals surface area contributed by atoms with Crippen LogP contribution in [-0.2, 0) is 31.8 Å². The van der Waals surface area contributed by atoms with E-state index in [-0.39, 0.29) is 35.7 Å². The van der Waals surface area contributed by atoms with Gasteiger partial charge in [-0.05, 0) is 61.8 Å². The standard InChI is InChI=1S/C25H37BN2O5S/c1-24(2)18-14-20(24)25(3)21(15-18)32-26(33-25)22(13-17-9-6-5-7-10-17)27-23(29)31-16-19-11-8-12-28(19)34(4)30/h5-7,9-10,18-22H,8,11-16H2,1-4H3,(H,27,29)/t18-,19?,20?,21?,22?,25-,34?/m0/s1. The van der Waals surface area contributed by atoms with Crippen molar-refractivity contribution in [2.75, 3.05) is 19.4 Å². The molecule has 2 aliphatic heterocycles. The van der Waals surface area contributed by atoms with Gasteiger partial charge >= 0.3 is 13.2 Å². The fourth-order valence-corrected chi connectivity index (χ4v) is 7.81. The lowest BCUT2D eigenvalue weighted by Gasteiger charge is -2.64. The molecule has 9 heteroatoms. The van der Waals surface area contributed by atoms with Crippen LogP contribution in [0, 0.1) is 17.3 Å². The van der Waals surface area contributed by atoms with Gasteiger partial charge in [0, 0.05) is 17.9 Å². The quantitative estimate of drug-likeness (QED) is 0.468. The van der Waals surface area contributed by atoms with Crippen LogP contribution in [0.1, 0.15) is 52.0 Å². The first-order chi connectivity index (χ1) is 16.2. The average molecular weight is 488 g/mol. The first-order valence-corrected chi connectivity index (χ1v) is 14.1. The number of amides is 1. The van der Waals surface area contributed by atoms with Gasteiger partial charge in [-0.15, -0.1) is 4.31 Å². The van der Waals surface area contributed by atoms with Crippen LogP contribution in [0.3, 0.4) is 0 Å². The highest BCUT2D eigenvalue weighted by atomic mass is 32.2. The van der Waals surface area contributed by atoms with Crippen LogP contribution in [0.5, 0.6) is 0 Å². The van der Waals surface area contributed by atoms with Gasteiger partial charge in [-0.2, -0.15) is 0 Å². The Kier molecular flexibility index (Phi) is 6.70. The number of nitrogens with zero attached hydrogens (tertiary/aromatic N) is 1. The minimum absolute atomic E-state index is 0.000973. The summed E-state index contributed by atoms with van der Waals surface area (Å²) in [4.78, 5) is 12.9. The fourth-order valence-electron chi connectivity index (χ4n) is 6.83. The van der Waals surface area contributed by atoms with Gasteiger partial charge in [-0.25, -0.2) is 4.79 Å². The van der Waals surface area contributed by atoms with Gasteiger partial charge in [0.25, 0.3) is 0 Å². The summed E-state index contributed by atoms with van der Waals surface area (Å²) in [5, 5.41) is 3.05. The minimum Gasteiger partial charge on any atom is -0.598 e. The Labute approximate surface area is 206 Å². The molecule has 2 saturated heterocycles. The lowest BCUT2D eigenvalue weighted by Crippen LogP contribution is -2.65. The third-order valence-electron chi connectivity index (χ3n) is 8.96. The van der Waals surface area contributed by atoms with E-state index in [9.17, 15) is 9.35 Å². The first-order valence-electron chi connectivity index (χ1n) is 12.6. The van der Waals surface area contributed by atoms with Gasteiger partial charge in [0.2, 0.25) is 0 Å². The van der Waals surface area contributed by atoms with E-state index in [1.54, 1.807) is 6.26 Å². The summed E-state index contributed by atoms with van der Waals surface area (Å²) < 4.78 is 32.6. The highest BCUT2D eigenvalue weighted by Gasteiger charge is 2.68. The smallest absolute Gasteiger partial charge is 0.482 e. The second-order valence-electron chi connectivity index (χ2n) is 11.2. The maximum atomic E-state index is 12.9. The molecule has 5 aliphatic rings. The molecule has 0 spiro atoms. The summed E-state index contributed by atoms with van der Waals surface area (Å²) in [6.07, 6.45) is 5.88. The van der Waals surface area contributed by atoms with Crippen molar-refractivity contribution in [3.05, 3.63) is 35.9 Å². The first kappa shape index (κ1) is 24.4. The van der Waals surface area contributed by atoms with E-state index >= 15 is 0 Å². The zero-order chi connectivity index (χ0) is 24.1. The highest BCUT2D eigenvalue weighted by Crippen LogP contribution is 2.65. The molecule has 1 amide bonds. The van der Waals surface area contributed by atoms with Gasteiger partial charge in [-0.3, -0.25) is 0 Å². The van der Waals surface area contributed by atoms with E-state index in [0.717, 1.165) is 31.4 Å². The predicted octanol–water partition coefficient (Wildman–Crippen LogP) is 3.35. The number of carbonyl (C=O) groups excluding carboxylic acids is 1. The van der Waals surface area contributed by atoms with Crippen LogP contribution in [0.2, 0.25) is 0 Å². The molecule has 2 bridgehead atoms. The van der Waals surface area contributed by atoms with Crippen molar-refractivity contribution in [1.29, 1.82) is 0 Å². The number of carbonyl (C=O) groups is 1. The highest BCUT2D eigenvalue weighted by molar-refractivity contribution is 7.88. The molecule has 7 atom stereocenters. The molecule has 1 N–H and O–H groups in total. The molecule has 1 aromatic rings. The molecule has 1 aromatic carbocycles. The van der Waals surface area contributed by atoms with Gasteiger partial charge in [0.15, 0.2) is 0 Å². The van der Waals surface area contributed by atoms with E-state index in [1.165, 1.54) is 6.42 Å². The molecule has 7 nitrogen and oxygen atoms in total. The van der Waals surface area contributed by atoms with Crippen LogP contribution in [0.4, 0.5) is 4.79 Å². The Morgan fingerprint density at radius 1 is 1.32 bits per heavy atom. The van der Waals surface area contributed by atoms with E-state index in [4.69, 9.17) is 14.0 Å². The van der Waals surface area contributed by atoms with Crippen LogP contribution >= 0.6 is 0 Å². The van der Waals surface area contributed by atoms with Crippen LogP contribution in [0.15, 0.2) is 30.3 Å². The minimum atomic E-state index is -1.06. The number of hydrogen-bond acceptors (Lipinski definition) is 6. The van der Waals surface area contributed by atoms with Crippen molar-refractivity contribution in [3.8, 4) is 0 Å². The number of rotatable bonds is 7. The number of nitrogens with one attached hydrogen (secondary N) is 1. The molecular formula is C25H37BN2O5S. The topological polar surface area (TPSA) is 83.1 Å². The molecule has 186 valence electrons. The largest absolute Gasteiger partial charge is 0.598 e. The van der Waals surface area contributed by atoms with E-state index < -0.39 is 24.6 Å². The molecule has 0 radical (unpaired) electrons. The van der Waals surface area contributed by atoms with Crippen molar-refractivity contribution in [2.45, 2.75) is 76.6 Å². The molecule has 5 unspecified atom stereocenters. The average Bonchev–Trinajstić information content (AvgIpc) is 3.41. The number of alkyl carbamates (subject to hydrolysis) is 1. The van der Waals surface area contributed by atoms with Crippen molar-refractivity contribution in [3.63, 3.8) is 0 Å². The van der Waals surface area contributed by atoms with Gasteiger partial charge in [-0.1, -0.05) is 44.2 Å². The SMILES string of the molecule is C[S+]([O-])N1CCCC1COC(=O)NC(Cc1ccccc1)B1OC2C[C@@H]3CC(C3(C)C)[C@]2(C)O1. The third-order valence-corrected chi connectivity index (χ3v) is 10.1. The van der Waals surface area contributed by atoms with Crippen molar-refractivity contribution in [1.82, 2.24) is 9.62 Å². The molecule has 5 fully saturated rings. The summed E-state index contributed by atoms with van der Waals surface area (Å²) in [7, 11) is -0.524. The van der Waals surface area contributed by atoms with Gasteiger partial charge in [0.05, 0.1) is 23.7 Å². The summed E-state index contributed by atoms with van der Waals surface area (Å²) in [6.45, 7) is 7.88. The van der Waals surface area contributed by atoms with E-state index in [2.05, 4.69) is 38.2 Å². The monoisotopic (exact) mass is 488 g/mol. The Hall–Kier alpha value is -1.26. The van der Waals surface area contributed by atoms with Crippen molar-refractivity contribution >= 4 is 24.6 Å². The summed E-state index contributed by atoms with van der Waals surface area (Å²) in [5.41, 5.74) is 1.03. The second-order valence-corrected chi connectivity index (χ2v) is 12.6. The predicted molar refractivity (Wildman–Crippen MR) is 132 cm³/mol. The Bertz CT molecular complexity index is 889. The molecule has 0 aromatic heterocycles. The maximum absolute atomic E-state index is 12.9. The summed E-state index contributed by atoms with van der Waals surface area (Å²) >= 11 is -1.06. The van der Waals surface area contributed by atoms with E-state index in [1.807, 2.05) is 22.5 Å². The normalized spacial score (nSPS) is 35.9. The molecule has 3 aliphatic carbocycles. The summed E-state index contributed by atoms with van der Waals surface area (Å²) in [6, 6.07) is 10.1. The van der Waals surface area contributed by atoms with Crippen molar-refractivity contribution in [2.24, 2.45) is 17.3 Å². The second kappa shape index (κ2) is 9.32. The van der Waals surface area contributed by atoms with Gasteiger partial charge < -0.3 is 23.9 Å². The Morgan fingerprint density at radius 3 is 2.79 bits per heavy atom. The molecule has 2 heterocycles. The molecule has 34 heavy (non-hydrogen) atoms. The number of benzene rings is 1. The molecule has 3 saturated carbocycles. The molecule has 6 rings (SSSR count). The zero-order valence-corrected chi connectivity index (χ0v) is 21.5. The lowest BCUT2D eigenvalue weighted by molar-refractivity contribution is -0.199. The van der Waals surface area contributed by atoms with Crippen LogP contribution in [-0.4, -0.2) is 65.2 Å². The lowest BCUT2D eigenvalue weighted by atomic mass is 9.43. The van der Waals surface area contributed by atoms with Crippen LogP contribution in [0.25, 0.3) is 0 Å². The van der Waals surface area contributed by atoms with Crippen molar-refractivity contribution < 1.29 is 23.4 Å². The Balaban J connectivity index is 1.26. The van der Waals surface area contributed by atoms with Gasteiger partial charge in [0.1, 0.15) is 12.9 Å². The third kappa shape index (κ3) is 4.39. The maximum Gasteiger partial charge on any atom is 0.482 e. The zero-order valence-electron chi connectivity index (χ0n) is 20.7. The van der Waals surface area contributed by atoms with E-state index in [0.29, 0.717) is 18.3 Å². The van der Waals surface area contributed by atoms with Crippen LogP contribution < -0.4 is 5.32 Å². The Morgan fingerprint density at radius 2 is 2.09 bits per heavy atom. The fraction of sp³-hybridized carbons (Fsp3) is 0.720. The number of hydrogen-bond donors (Lipinski definition) is 1. The summed E-state index contributed by atoms with van der Waals surface area (Å²) in [5.74, 6) is 0.765. The molecular weight excluding hydrogens is 451 g/mol.